The second-order valence-electron chi connectivity index (χ2n) is 2.21. The minimum absolute atomic E-state index is 0.00755. The van der Waals surface area contributed by atoms with E-state index in [1.807, 2.05) is 0 Å². The standard InChI is InChI=1S/C7H7ClN2O2/c1-9-6-2-5(8)3-7(4-6)10(11)12/h2-4,9H,1H3. The monoisotopic (exact) mass is 186 g/mol. The molecule has 0 spiro atoms. The smallest absolute Gasteiger partial charge is 0.272 e. The first kappa shape index (κ1) is 8.80. The normalized spacial score (nSPS) is 9.50. The molecule has 1 N–H and O–H groups in total. The lowest BCUT2D eigenvalue weighted by Crippen LogP contribution is -1.92. The van der Waals surface area contributed by atoms with Gasteiger partial charge in [-0.15, -0.1) is 0 Å². The van der Waals surface area contributed by atoms with Crippen LogP contribution in [-0.2, 0) is 0 Å². The second kappa shape index (κ2) is 3.40. The maximum Gasteiger partial charge on any atom is 0.272 e. The molecule has 0 saturated carbocycles. The first-order chi connectivity index (χ1) is 5.63. The van der Waals surface area contributed by atoms with Gasteiger partial charge in [-0.25, -0.2) is 0 Å². The van der Waals surface area contributed by atoms with Crippen molar-refractivity contribution in [3.63, 3.8) is 0 Å². The molecule has 0 aromatic heterocycles. The highest BCUT2D eigenvalue weighted by Gasteiger charge is 2.07. The predicted molar refractivity (Wildman–Crippen MR) is 47.7 cm³/mol. The van der Waals surface area contributed by atoms with Gasteiger partial charge in [-0.2, -0.15) is 0 Å². The number of nitrogens with one attached hydrogen (secondary N) is 1. The summed E-state index contributed by atoms with van der Waals surface area (Å²) in [5.74, 6) is 0. The Morgan fingerprint density at radius 2 is 2.17 bits per heavy atom. The van der Waals surface area contributed by atoms with Crippen LogP contribution in [-0.4, -0.2) is 12.0 Å². The highest BCUT2D eigenvalue weighted by Crippen LogP contribution is 2.23. The Labute approximate surface area is 74.3 Å². The van der Waals surface area contributed by atoms with E-state index in [-0.39, 0.29) is 5.69 Å². The van der Waals surface area contributed by atoms with Crippen molar-refractivity contribution < 1.29 is 4.92 Å². The molecule has 0 bridgehead atoms. The number of non-ortho nitro benzene ring substituents is 1. The molecule has 0 saturated heterocycles. The lowest BCUT2D eigenvalue weighted by Gasteiger charge is -1.99. The van der Waals surface area contributed by atoms with E-state index in [4.69, 9.17) is 11.6 Å². The molecule has 0 amide bonds. The van der Waals surface area contributed by atoms with Crippen LogP contribution in [0.15, 0.2) is 18.2 Å². The third-order valence-corrected chi connectivity index (χ3v) is 1.60. The summed E-state index contributed by atoms with van der Waals surface area (Å²) >= 11 is 5.63. The van der Waals surface area contributed by atoms with Gasteiger partial charge in [0.05, 0.1) is 4.92 Å². The Kier molecular flexibility index (Phi) is 2.50. The van der Waals surface area contributed by atoms with Crippen LogP contribution in [0, 0.1) is 10.1 Å². The zero-order valence-electron chi connectivity index (χ0n) is 6.37. The first-order valence-electron chi connectivity index (χ1n) is 3.26. The SMILES string of the molecule is CNc1cc(Cl)cc([N+](=O)[O-])c1. The summed E-state index contributed by atoms with van der Waals surface area (Å²) in [6.07, 6.45) is 0. The topological polar surface area (TPSA) is 55.2 Å². The number of benzene rings is 1. The molecule has 12 heavy (non-hydrogen) atoms. The molecule has 0 aliphatic rings. The van der Waals surface area contributed by atoms with Crippen LogP contribution >= 0.6 is 11.6 Å². The maximum absolute atomic E-state index is 10.3. The van der Waals surface area contributed by atoms with Crippen molar-refractivity contribution in [2.45, 2.75) is 0 Å². The second-order valence-corrected chi connectivity index (χ2v) is 2.64. The van der Waals surface area contributed by atoms with Crippen molar-refractivity contribution in [1.82, 2.24) is 0 Å². The highest BCUT2D eigenvalue weighted by atomic mass is 35.5. The number of rotatable bonds is 2. The van der Waals surface area contributed by atoms with E-state index in [9.17, 15) is 10.1 Å². The molecular weight excluding hydrogens is 180 g/mol. The largest absolute Gasteiger partial charge is 0.388 e. The van der Waals surface area contributed by atoms with Gasteiger partial charge in [0.2, 0.25) is 0 Å². The van der Waals surface area contributed by atoms with E-state index < -0.39 is 4.92 Å². The van der Waals surface area contributed by atoms with Crippen LogP contribution in [0.25, 0.3) is 0 Å². The van der Waals surface area contributed by atoms with Crippen molar-refractivity contribution in [2.75, 3.05) is 12.4 Å². The molecule has 4 nitrogen and oxygen atoms in total. The number of halogens is 1. The van der Waals surface area contributed by atoms with Crippen LogP contribution in [0.3, 0.4) is 0 Å². The number of nitrogens with zero attached hydrogens (tertiary/aromatic N) is 1. The Bertz CT molecular complexity index is 314. The Balaban J connectivity index is 3.15. The molecule has 5 heteroatoms. The third-order valence-electron chi connectivity index (χ3n) is 1.38. The molecule has 0 atom stereocenters. The van der Waals surface area contributed by atoms with E-state index in [0.717, 1.165) is 0 Å². The molecule has 0 fully saturated rings. The van der Waals surface area contributed by atoms with Crippen LogP contribution in [0.2, 0.25) is 5.02 Å². The molecule has 0 radical (unpaired) electrons. The molecule has 0 unspecified atom stereocenters. The van der Waals surface area contributed by atoms with Crippen molar-refractivity contribution in [1.29, 1.82) is 0 Å². The zero-order chi connectivity index (χ0) is 9.14. The van der Waals surface area contributed by atoms with Crippen molar-refractivity contribution in [3.8, 4) is 0 Å². The molecule has 1 aromatic rings. The summed E-state index contributed by atoms with van der Waals surface area (Å²) in [6, 6.07) is 4.35. The highest BCUT2D eigenvalue weighted by molar-refractivity contribution is 6.31. The predicted octanol–water partition coefficient (Wildman–Crippen LogP) is 2.29. The molecule has 1 rings (SSSR count). The number of hydrogen-bond acceptors (Lipinski definition) is 3. The Hall–Kier alpha value is -1.29. The van der Waals surface area contributed by atoms with Gasteiger partial charge in [-0.3, -0.25) is 10.1 Å². The minimum atomic E-state index is -0.479. The summed E-state index contributed by atoms with van der Waals surface area (Å²) in [6.45, 7) is 0. The molecule has 0 heterocycles. The molecule has 0 aliphatic carbocycles. The van der Waals surface area contributed by atoms with E-state index in [1.54, 1.807) is 13.1 Å². The number of anilines is 1. The van der Waals surface area contributed by atoms with Gasteiger partial charge in [0, 0.05) is 29.9 Å². The fourth-order valence-electron chi connectivity index (χ4n) is 0.824. The Morgan fingerprint density at radius 3 is 2.67 bits per heavy atom. The van der Waals surface area contributed by atoms with E-state index >= 15 is 0 Å². The molecule has 1 aromatic carbocycles. The summed E-state index contributed by atoms with van der Waals surface area (Å²) in [7, 11) is 1.68. The van der Waals surface area contributed by atoms with E-state index in [0.29, 0.717) is 10.7 Å². The number of hydrogen-bond donors (Lipinski definition) is 1. The molecular formula is C7H7ClN2O2. The van der Waals surface area contributed by atoms with Gasteiger partial charge in [-0.05, 0) is 6.07 Å². The van der Waals surface area contributed by atoms with Crippen LogP contribution in [0.1, 0.15) is 0 Å². The van der Waals surface area contributed by atoms with Gasteiger partial charge in [0.25, 0.3) is 5.69 Å². The Morgan fingerprint density at radius 1 is 1.50 bits per heavy atom. The summed E-state index contributed by atoms with van der Waals surface area (Å²) in [4.78, 5) is 9.86. The average molecular weight is 187 g/mol. The molecule has 64 valence electrons. The summed E-state index contributed by atoms with van der Waals surface area (Å²) in [5.41, 5.74) is 0.626. The third kappa shape index (κ3) is 1.85. The van der Waals surface area contributed by atoms with Crippen molar-refractivity contribution >= 4 is 23.0 Å². The van der Waals surface area contributed by atoms with Gasteiger partial charge >= 0.3 is 0 Å². The van der Waals surface area contributed by atoms with Crippen LogP contribution in [0.5, 0.6) is 0 Å². The fraction of sp³-hybridized carbons (Fsp3) is 0.143. The lowest BCUT2D eigenvalue weighted by atomic mass is 10.3. The summed E-state index contributed by atoms with van der Waals surface area (Å²) < 4.78 is 0. The van der Waals surface area contributed by atoms with Crippen molar-refractivity contribution in [3.05, 3.63) is 33.3 Å². The molecule has 0 aliphatic heterocycles. The first-order valence-corrected chi connectivity index (χ1v) is 3.64. The van der Waals surface area contributed by atoms with Gasteiger partial charge in [-0.1, -0.05) is 11.6 Å². The number of nitro groups is 1. The van der Waals surface area contributed by atoms with Gasteiger partial charge in [0.15, 0.2) is 0 Å². The number of nitro benzene ring substituents is 1. The fourth-order valence-corrected chi connectivity index (χ4v) is 1.05. The van der Waals surface area contributed by atoms with Crippen LogP contribution < -0.4 is 5.32 Å². The quantitative estimate of drug-likeness (QED) is 0.570. The van der Waals surface area contributed by atoms with Gasteiger partial charge < -0.3 is 5.32 Å². The zero-order valence-corrected chi connectivity index (χ0v) is 7.13. The van der Waals surface area contributed by atoms with Gasteiger partial charge in [0.1, 0.15) is 0 Å². The van der Waals surface area contributed by atoms with Crippen molar-refractivity contribution in [2.24, 2.45) is 0 Å². The average Bonchev–Trinajstić information content (AvgIpc) is 2.03. The van der Waals surface area contributed by atoms with E-state index in [2.05, 4.69) is 5.32 Å². The lowest BCUT2D eigenvalue weighted by molar-refractivity contribution is -0.384. The van der Waals surface area contributed by atoms with E-state index in [1.165, 1.54) is 12.1 Å². The summed E-state index contributed by atoms with van der Waals surface area (Å²) in [5, 5.41) is 13.5. The minimum Gasteiger partial charge on any atom is -0.388 e. The van der Waals surface area contributed by atoms with Crippen LogP contribution in [0.4, 0.5) is 11.4 Å². The maximum atomic E-state index is 10.3.